The van der Waals surface area contributed by atoms with Crippen LogP contribution < -0.4 is 4.90 Å². The van der Waals surface area contributed by atoms with Crippen LogP contribution in [0.5, 0.6) is 0 Å². The first-order valence-electron chi connectivity index (χ1n) is 9.70. The van der Waals surface area contributed by atoms with Crippen molar-refractivity contribution in [3.63, 3.8) is 0 Å². The second kappa shape index (κ2) is 8.19. The molecule has 0 spiro atoms. The Morgan fingerprint density at radius 3 is 2.56 bits per heavy atom. The van der Waals surface area contributed by atoms with Crippen molar-refractivity contribution in [1.29, 1.82) is 0 Å². The number of rotatable bonds is 5. The predicted molar refractivity (Wildman–Crippen MR) is 110 cm³/mol. The number of nitrogens with zero attached hydrogens (tertiary/aromatic N) is 2. The summed E-state index contributed by atoms with van der Waals surface area (Å²) in [4.78, 5) is 21.0. The van der Waals surface area contributed by atoms with Crippen LogP contribution >= 0.6 is 11.3 Å². The molecule has 0 bridgehead atoms. The standard InChI is InChI=1S/C22H25N3OS/c1-17(18-7-3-2-4-8-18)15-22(26)25-13-11-24(12-14-25)16-21-23-19-9-5-6-10-20(19)27-21/h2-10,17H,11-16H2,1H3/p+1/t17-/m0/s1. The molecule has 27 heavy (non-hydrogen) atoms. The van der Waals surface area contributed by atoms with E-state index in [1.165, 1.54) is 20.2 Å². The number of quaternary nitrogens is 1. The van der Waals surface area contributed by atoms with Crippen LogP contribution in [-0.2, 0) is 11.3 Å². The van der Waals surface area contributed by atoms with Gasteiger partial charge in [-0.1, -0.05) is 49.4 Å². The van der Waals surface area contributed by atoms with Gasteiger partial charge in [-0.05, 0) is 23.6 Å². The maximum Gasteiger partial charge on any atom is 0.223 e. The van der Waals surface area contributed by atoms with Crippen LogP contribution in [0.25, 0.3) is 10.2 Å². The third-order valence-corrected chi connectivity index (χ3v) is 6.45. The number of nitrogens with one attached hydrogen (secondary N) is 1. The lowest BCUT2D eigenvalue weighted by atomic mass is 9.97. The molecule has 0 unspecified atom stereocenters. The van der Waals surface area contributed by atoms with Gasteiger partial charge in [-0.15, -0.1) is 11.3 Å². The van der Waals surface area contributed by atoms with Crippen LogP contribution in [0.1, 0.15) is 29.8 Å². The van der Waals surface area contributed by atoms with Gasteiger partial charge < -0.3 is 9.80 Å². The van der Waals surface area contributed by atoms with Gasteiger partial charge in [0.2, 0.25) is 5.91 Å². The number of para-hydroxylation sites is 1. The lowest BCUT2D eigenvalue weighted by Crippen LogP contribution is -3.13. The Bertz CT molecular complexity index is 867. The molecule has 1 atom stereocenters. The number of benzene rings is 2. The minimum Gasteiger partial charge on any atom is -0.331 e. The summed E-state index contributed by atoms with van der Waals surface area (Å²) in [5.41, 5.74) is 2.34. The van der Waals surface area contributed by atoms with E-state index in [1.807, 2.05) is 29.2 Å². The van der Waals surface area contributed by atoms with Crippen molar-refractivity contribution >= 4 is 27.5 Å². The van der Waals surface area contributed by atoms with Gasteiger partial charge in [0.25, 0.3) is 0 Å². The average molecular weight is 381 g/mol. The molecule has 4 nitrogen and oxygen atoms in total. The molecule has 4 rings (SSSR count). The first-order chi connectivity index (χ1) is 13.2. The average Bonchev–Trinajstić information content (AvgIpc) is 3.11. The van der Waals surface area contributed by atoms with Crippen molar-refractivity contribution in [1.82, 2.24) is 9.88 Å². The summed E-state index contributed by atoms with van der Waals surface area (Å²) in [6.45, 7) is 6.80. The van der Waals surface area contributed by atoms with Crippen LogP contribution in [0.3, 0.4) is 0 Å². The van der Waals surface area contributed by atoms with Gasteiger partial charge in [0.05, 0.1) is 36.4 Å². The van der Waals surface area contributed by atoms with Gasteiger partial charge >= 0.3 is 0 Å². The van der Waals surface area contributed by atoms with Gasteiger partial charge in [0.1, 0.15) is 11.6 Å². The van der Waals surface area contributed by atoms with E-state index >= 15 is 0 Å². The van der Waals surface area contributed by atoms with Crippen molar-refractivity contribution in [2.75, 3.05) is 26.2 Å². The third kappa shape index (κ3) is 4.37. The fourth-order valence-electron chi connectivity index (χ4n) is 3.75. The van der Waals surface area contributed by atoms with E-state index in [1.54, 1.807) is 11.3 Å². The Labute approximate surface area is 164 Å². The zero-order valence-corrected chi connectivity index (χ0v) is 16.5. The number of aromatic nitrogens is 1. The van der Waals surface area contributed by atoms with Crippen molar-refractivity contribution in [3.8, 4) is 0 Å². The number of amides is 1. The molecule has 0 saturated carbocycles. The minimum atomic E-state index is 0.270. The Morgan fingerprint density at radius 1 is 1.11 bits per heavy atom. The number of thiazole rings is 1. The highest BCUT2D eigenvalue weighted by molar-refractivity contribution is 7.18. The van der Waals surface area contributed by atoms with E-state index in [4.69, 9.17) is 4.98 Å². The molecule has 3 aromatic rings. The fraction of sp³-hybridized carbons (Fsp3) is 0.364. The highest BCUT2D eigenvalue weighted by Gasteiger charge is 2.25. The molecule has 0 radical (unpaired) electrons. The number of hydrogen-bond donors (Lipinski definition) is 1. The van der Waals surface area contributed by atoms with E-state index in [9.17, 15) is 4.79 Å². The largest absolute Gasteiger partial charge is 0.331 e. The molecule has 2 aromatic carbocycles. The normalized spacial score (nSPS) is 16.6. The second-order valence-corrected chi connectivity index (χ2v) is 8.51. The highest BCUT2D eigenvalue weighted by atomic mass is 32.1. The van der Waals surface area contributed by atoms with Gasteiger partial charge in [-0.25, -0.2) is 4.98 Å². The predicted octanol–water partition coefficient (Wildman–Crippen LogP) is 2.72. The Hall–Kier alpha value is -2.24. The minimum absolute atomic E-state index is 0.270. The van der Waals surface area contributed by atoms with E-state index in [0.717, 1.165) is 38.2 Å². The van der Waals surface area contributed by atoms with Gasteiger partial charge in [0.15, 0.2) is 0 Å². The summed E-state index contributed by atoms with van der Waals surface area (Å²) in [6.07, 6.45) is 0.594. The summed E-state index contributed by atoms with van der Waals surface area (Å²) in [7, 11) is 0. The van der Waals surface area contributed by atoms with Crippen LogP contribution in [-0.4, -0.2) is 42.0 Å². The van der Waals surface area contributed by atoms with E-state index in [-0.39, 0.29) is 11.8 Å². The molecule has 0 aliphatic carbocycles. The Morgan fingerprint density at radius 2 is 1.81 bits per heavy atom. The maximum absolute atomic E-state index is 12.7. The first-order valence-corrected chi connectivity index (χ1v) is 10.5. The number of hydrogen-bond acceptors (Lipinski definition) is 3. The summed E-state index contributed by atoms with van der Waals surface area (Å²) in [6, 6.07) is 18.6. The van der Waals surface area contributed by atoms with Crippen LogP contribution in [0.2, 0.25) is 0 Å². The summed E-state index contributed by atoms with van der Waals surface area (Å²) >= 11 is 1.79. The molecular formula is C22H26N3OS+. The van der Waals surface area contributed by atoms with Gasteiger partial charge in [-0.3, -0.25) is 4.79 Å². The molecule has 5 heteroatoms. The molecular weight excluding hydrogens is 354 g/mol. The maximum atomic E-state index is 12.7. The summed E-state index contributed by atoms with van der Waals surface area (Å²) in [5.74, 6) is 0.553. The zero-order chi connectivity index (χ0) is 18.6. The van der Waals surface area contributed by atoms with Gasteiger partial charge in [-0.2, -0.15) is 0 Å². The van der Waals surface area contributed by atoms with Crippen molar-refractivity contribution < 1.29 is 9.69 Å². The quantitative estimate of drug-likeness (QED) is 0.739. The van der Waals surface area contributed by atoms with E-state index < -0.39 is 0 Å². The smallest absolute Gasteiger partial charge is 0.223 e. The molecule has 1 saturated heterocycles. The molecule has 140 valence electrons. The molecule has 1 amide bonds. The molecule has 1 aromatic heterocycles. The lowest BCUT2D eigenvalue weighted by Gasteiger charge is -2.32. The number of fused-ring (bicyclic) bond motifs is 1. The zero-order valence-electron chi connectivity index (χ0n) is 15.7. The SMILES string of the molecule is C[C@@H](CC(=O)N1CC[NH+](Cc2nc3ccccc3s2)CC1)c1ccccc1. The molecule has 2 heterocycles. The van der Waals surface area contributed by atoms with Crippen LogP contribution in [0, 0.1) is 0 Å². The van der Waals surface area contributed by atoms with E-state index in [2.05, 4.69) is 37.3 Å². The second-order valence-electron chi connectivity index (χ2n) is 7.40. The van der Waals surface area contributed by atoms with Crippen molar-refractivity contribution in [3.05, 3.63) is 65.2 Å². The topological polar surface area (TPSA) is 37.6 Å². The molecule has 1 N–H and O–H groups in total. The summed E-state index contributed by atoms with van der Waals surface area (Å²) < 4.78 is 1.26. The number of carbonyl (C=O) groups is 1. The number of piperazine rings is 1. The van der Waals surface area contributed by atoms with Crippen LogP contribution in [0.4, 0.5) is 0 Å². The Balaban J connectivity index is 1.28. The summed E-state index contributed by atoms with van der Waals surface area (Å²) in [5, 5.41) is 1.20. The van der Waals surface area contributed by atoms with Gasteiger partial charge in [0, 0.05) is 6.42 Å². The molecule has 1 aliphatic rings. The molecule has 1 fully saturated rings. The number of carbonyl (C=O) groups excluding carboxylic acids is 1. The first kappa shape index (κ1) is 18.1. The molecule has 1 aliphatic heterocycles. The lowest BCUT2D eigenvalue weighted by molar-refractivity contribution is -0.917. The fourth-order valence-corrected chi connectivity index (χ4v) is 4.79. The third-order valence-electron chi connectivity index (χ3n) is 5.41. The van der Waals surface area contributed by atoms with Crippen LogP contribution in [0.15, 0.2) is 54.6 Å². The monoisotopic (exact) mass is 380 g/mol. The van der Waals surface area contributed by atoms with E-state index in [0.29, 0.717) is 6.42 Å². The van der Waals surface area contributed by atoms with Crippen molar-refractivity contribution in [2.24, 2.45) is 0 Å². The highest BCUT2D eigenvalue weighted by Crippen LogP contribution is 2.21. The van der Waals surface area contributed by atoms with Crippen molar-refractivity contribution in [2.45, 2.75) is 25.8 Å². The Kier molecular flexibility index (Phi) is 5.50.